The summed E-state index contributed by atoms with van der Waals surface area (Å²) in [5, 5.41) is 3.39. The predicted molar refractivity (Wildman–Crippen MR) is 144 cm³/mol. The van der Waals surface area contributed by atoms with E-state index in [2.05, 4.69) is 5.32 Å². The van der Waals surface area contributed by atoms with Gasteiger partial charge in [0.05, 0.1) is 7.11 Å². The molecule has 0 spiro atoms. The van der Waals surface area contributed by atoms with Gasteiger partial charge in [0.25, 0.3) is 0 Å². The van der Waals surface area contributed by atoms with Crippen molar-refractivity contribution in [1.29, 1.82) is 0 Å². The van der Waals surface area contributed by atoms with Crippen molar-refractivity contribution >= 4 is 5.91 Å². The monoisotopic (exact) mass is 503 g/mol. The number of nitrogens with zero attached hydrogens (tertiary/aromatic N) is 2. The molecule has 2 aliphatic rings. The van der Waals surface area contributed by atoms with Gasteiger partial charge in [-0.25, -0.2) is 9.37 Å². The molecule has 0 bridgehead atoms. The van der Waals surface area contributed by atoms with Crippen molar-refractivity contribution in [2.24, 2.45) is 5.92 Å². The molecule has 0 radical (unpaired) electrons. The van der Waals surface area contributed by atoms with Crippen molar-refractivity contribution in [3.63, 3.8) is 0 Å². The van der Waals surface area contributed by atoms with Gasteiger partial charge in [-0.3, -0.25) is 4.79 Å². The molecule has 1 unspecified atom stereocenters. The number of halogens is 1. The average Bonchev–Trinajstić information content (AvgIpc) is 3.40. The molecule has 1 amide bonds. The van der Waals surface area contributed by atoms with Crippen molar-refractivity contribution in [3.05, 3.63) is 71.8 Å². The Morgan fingerprint density at radius 2 is 1.81 bits per heavy atom. The van der Waals surface area contributed by atoms with Crippen LogP contribution in [0, 0.1) is 11.7 Å². The van der Waals surface area contributed by atoms with Crippen molar-refractivity contribution < 1.29 is 13.9 Å². The Bertz CT molecular complexity index is 1190. The van der Waals surface area contributed by atoms with Crippen LogP contribution in [0.25, 0.3) is 11.4 Å². The first-order chi connectivity index (χ1) is 18.1. The third-order valence-corrected chi connectivity index (χ3v) is 8.13. The lowest BCUT2D eigenvalue weighted by atomic mass is 9.82. The topological polar surface area (TPSA) is 56.2 Å². The number of imidazole rings is 1. The third-order valence-electron chi connectivity index (χ3n) is 8.13. The largest absolute Gasteiger partial charge is 0.497 e. The fraction of sp³-hybridized carbons (Fsp3) is 0.484. The summed E-state index contributed by atoms with van der Waals surface area (Å²) in [7, 11) is 1.66. The minimum atomic E-state index is -0.340. The summed E-state index contributed by atoms with van der Waals surface area (Å²) in [6, 6.07) is 12.7. The molecule has 2 aromatic carbocycles. The molecule has 1 N–H and O–H groups in total. The van der Waals surface area contributed by atoms with Gasteiger partial charge in [0, 0.05) is 24.0 Å². The second-order valence-corrected chi connectivity index (χ2v) is 10.7. The number of hydrogen-bond acceptors (Lipinski definition) is 3. The van der Waals surface area contributed by atoms with Crippen LogP contribution in [0.15, 0.2) is 54.9 Å². The van der Waals surface area contributed by atoms with Gasteiger partial charge >= 0.3 is 0 Å². The number of methoxy groups -OCH3 is 1. The van der Waals surface area contributed by atoms with Crippen LogP contribution < -0.4 is 10.1 Å². The normalized spacial score (nSPS) is 17.9. The van der Waals surface area contributed by atoms with Crippen LogP contribution >= 0.6 is 0 Å². The predicted octanol–water partition coefficient (Wildman–Crippen LogP) is 6.86. The first-order valence-corrected chi connectivity index (χ1v) is 13.9. The minimum absolute atomic E-state index is 0.0869. The molecule has 1 atom stereocenters. The zero-order valence-corrected chi connectivity index (χ0v) is 21.8. The summed E-state index contributed by atoms with van der Waals surface area (Å²) < 4.78 is 22.0. The number of amides is 1. The molecule has 5 rings (SSSR count). The van der Waals surface area contributed by atoms with E-state index >= 15 is 0 Å². The van der Waals surface area contributed by atoms with Crippen LogP contribution in [0.4, 0.5) is 4.39 Å². The molecule has 2 saturated carbocycles. The second-order valence-electron chi connectivity index (χ2n) is 10.7. The van der Waals surface area contributed by atoms with Crippen molar-refractivity contribution in [1.82, 2.24) is 14.9 Å². The van der Waals surface area contributed by atoms with Crippen LogP contribution in [0.1, 0.15) is 81.4 Å². The Morgan fingerprint density at radius 1 is 1.05 bits per heavy atom. The molecule has 5 nitrogen and oxygen atoms in total. The molecule has 0 saturated heterocycles. The highest BCUT2D eigenvalue weighted by molar-refractivity contribution is 5.82. The van der Waals surface area contributed by atoms with E-state index in [0.29, 0.717) is 12.2 Å². The zero-order valence-electron chi connectivity index (χ0n) is 21.8. The maximum Gasteiger partial charge on any atom is 0.243 e. The average molecular weight is 504 g/mol. The third kappa shape index (κ3) is 6.06. The van der Waals surface area contributed by atoms with Crippen LogP contribution in [-0.2, 0) is 11.2 Å². The van der Waals surface area contributed by atoms with E-state index in [1.165, 1.54) is 31.7 Å². The number of nitrogens with one attached hydrogen (secondary N) is 1. The minimum Gasteiger partial charge on any atom is -0.497 e. The van der Waals surface area contributed by atoms with E-state index in [0.717, 1.165) is 61.0 Å². The second kappa shape index (κ2) is 11.9. The zero-order chi connectivity index (χ0) is 25.6. The maximum absolute atomic E-state index is 14.6. The van der Waals surface area contributed by atoms with E-state index in [9.17, 15) is 9.18 Å². The van der Waals surface area contributed by atoms with Crippen LogP contribution in [0.3, 0.4) is 0 Å². The molecule has 196 valence electrons. The Hall–Kier alpha value is -3.15. The lowest BCUT2D eigenvalue weighted by Gasteiger charge is -2.33. The Kier molecular flexibility index (Phi) is 8.22. The van der Waals surface area contributed by atoms with Gasteiger partial charge in [-0.05, 0) is 73.4 Å². The standard InChI is InChI=1S/C31H38FN3O2/c1-37-27-14-8-9-22(20-27)19-24-15-16-25(32)21-28(24)30-33-17-18-35(30)29(23-10-4-2-5-11-23)31(36)34-26-12-6-3-7-13-26/h8-9,14-18,20-21,23,26,29H,2-7,10-13,19H2,1H3,(H,34,36). The summed E-state index contributed by atoms with van der Waals surface area (Å²) in [5.74, 6) is 1.48. The van der Waals surface area contributed by atoms with Crippen molar-refractivity contribution in [3.8, 4) is 17.1 Å². The highest BCUT2D eigenvalue weighted by Gasteiger charge is 2.34. The fourth-order valence-electron chi connectivity index (χ4n) is 6.21. The fourth-order valence-corrected chi connectivity index (χ4v) is 6.21. The van der Waals surface area contributed by atoms with Crippen molar-refractivity contribution in [2.75, 3.05) is 7.11 Å². The molecular formula is C31H38FN3O2. The number of ether oxygens (including phenoxy) is 1. The van der Waals surface area contributed by atoms with Gasteiger partial charge in [-0.1, -0.05) is 56.7 Å². The quantitative estimate of drug-likeness (QED) is 0.365. The van der Waals surface area contributed by atoms with E-state index in [1.807, 2.05) is 41.1 Å². The molecule has 37 heavy (non-hydrogen) atoms. The lowest BCUT2D eigenvalue weighted by Crippen LogP contribution is -2.43. The summed E-state index contributed by atoms with van der Waals surface area (Å²) in [5.41, 5.74) is 2.78. The SMILES string of the molecule is COc1cccc(Cc2ccc(F)cc2-c2nccn2C(C(=O)NC2CCCCC2)C2CCCCC2)c1. The molecule has 1 heterocycles. The number of carbonyl (C=O) groups excluding carboxylic acids is 1. The van der Waals surface area contributed by atoms with E-state index in [4.69, 9.17) is 9.72 Å². The number of aromatic nitrogens is 2. The van der Waals surface area contributed by atoms with Gasteiger partial charge in [0.2, 0.25) is 5.91 Å². The number of carbonyl (C=O) groups is 1. The van der Waals surface area contributed by atoms with Crippen LogP contribution in [0.2, 0.25) is 0 Å². The van der Waals surface area contributed by atoms with Gasteiger partial charge < -0.3 is 14.6 Å². The van der Waals surface area contributed by atoms with Gasteiger partial charge in [0.1, 0.15) is 23.4 Å². The molecule has 2 aliphatic carbocycles. The lowest BCUT2D eigenvalue weighted by molar-refractivity contribution is -0.127. The summed E-state index contributed by atoms with van der Waals surface area (Å²) in [6.45, 7) is 0. The van der Waals surface area contributed by atoms with Crippen LogP contribution in [0.5, 0.6) is 5.75 Å². The Balaban J connectivity index is 1.50. The maximum atomic E-state index is 14.6. The van der Waals surface area contributed by atoms with E-state index in [1.54, 1.807) is 19.4 Å². The summed E-state index contributed by atoms with van der Waals surface area (Å²) >= 11 is 0. The summed E-state index contributed by atoms with van der Waals surface area (Å²) in [6.07, 6.45) is 15.5. The highest BCUT2D eigenvalue weighted by Crippen LogP contribution is 2.37. The van der Waals surface area contributed by atoms with Gasteiger partial charge in [0.15, 0.2) is 0 Å². The first-order valence-electron chi connectivity index (χ1n) is 13.9. The van der Waals surface area contributed by atoms with Gasteiger partial charge in [-0.2, -0.15) is 0 Å². The van der Waals surface area contributed by atoms with Gasteiger partial charge in [-0.15, -0.1) is 0 Å². The molecule has 0 aliphatic heterocycles. The summed E-state index contributed by atoms with van der Waals surface area (Å²) in [4.78, 5) is 18.6. The number of benzene rings is 2. The molecular weight excluding hydrogens is 465 g/mol. The molecule has 2 fully saturated rings. The molecule has 1 aromatic heterocycles. The Morgan fingerprint density at radius 3 is 2.57 bits per heavy atom. The van der Waals surface area contributed by atoms with Crippen molar-refractivity contribution in [2.45, 2.75) is 82.7 Å². The molecule has 6 heteroatoms. The smallest absolute Gasteiger partial charge is 0.243 e. The van der Waals surface area contributed by atoms with Crippen LogP contribution in [-0.4, -0.2) is 28.6 Å². The number of rotatable bonds is 8. The highest BCUT2D eigenvalue weighted by atomic mass is 19.1. The molecule has 3 aromatic rings. The Labute approximate surface area is 219 Å². The number of hydrogen-bond donors (Lipinski definition) is 1. The van der Waals surface area contributed by atoms with E-state index in [-0.39, 0.29) is 29.7 Å². The first kappa shape index (κ1) is 25.5. The van der Waals surface area contributed by atoms with E-state index < -0.39 is 0 Å².